The zero-order valence-corrected chi connectivity index (χ0v) is 26.0. The van der Waals surface area contributed by atoms with Gasteiger partial charge in [-0.1, -0.05) is 23.2 Å². The molecule has 0 aliphatic carbocycles. The number of nitrogens with zero attached hydrogens (tertiary/aromatic N) is 6. The Hall–Kier alpha value is -3.84. The first kappa shape index (κ1) is 30.6. The van der Waals surface area contributed by atoms with Crippen LogP contribution in [0.2, 0.25) is 10.0 Å². The van der Waals surface area contributed by atoms with Gasteiger partial charge in [0.1, 0.15) is 16.6 Å². The summed E-state index contributed by atoms with van der Waals surface area (Å²) in [6, 6.07) is 9.14. The van der Waals surface area contributed by atoms with Gasteiger partial charge in [-0.05, 0) is 51.2 Å². The molecule has 0 spiro atoms. The standard InChI is InChI=1S/C29H34Cl2N8O4/c1-5-38-26-18(16-32-28(34-26)33-19-7-9-20(10-8-19)37-13-11-36(3)12-14-37)17-39(29(38)41)25-23(30)21(27(40)35-43-6-2)15-22(42-4)24(25)31/h7-10,15-16H,5-6,11-14,17H2,1-4H3,(H,35,40)(H,32,33,34). The van der Waals surface area contributed by atoms with Gasteiger partial charge in [-0.25, -0.2) is 15.3 Å². The Morgan fingerprint density at radius 1 is 1.07 bits per heavy atom. The highest BCUT2D eigenvalue weighted by molar-refractivity contribution is 6.43. The second-order valence-electron chi connectivity index (χ2n) is 10.1. The van der Waals surface area contributed by atoms with E-state index in [0.29, 0.717) is 23.9 Å². The lowest BCUT2D eigenvalue weighted by atomic mass is 10.1. The van der Waals surface area contributed by atoms with Gasteiger partial charge >= 0.3 is 6.03 Å². The molecule has 3 aromatic rings. The Morgan fingerprint density at radius 2 is 1.79 bits per heavy atom. The summed E-state index contributed by atoms with van der Waals surface area (Å²) in [4.78, 5) is 48.4. The van der Waals surface area contributed by atoms with Crippen LogP contribution in [0.25, 0.3) is 0 Å². The number of urea groups is 1. The average molecular weight is 630 g/mol. The van der Waals surface area contributed by atoms with Crippen molar-refractivity contribution in [3.63, 3.8) is 0 Å². The number of carbonyl (C=O) groups excluding carboxylic acids is 2. The Labute approximate surface area is 260 Å². The van der Waals surface area contributed by atoms with Crippen LogP contribution in [-0.4, -0.2) is 80.3 Å². The van der Waals surface area contributed by atoms with Crippen LogP contribution in [0.1, 0.15) is 29.8 Å². The second kappa shape index (κ2) is 13.2. The molecule has 2 aliphatic heterocycles. The van der Waals surface area contributed by atoms with Crippen molar-refractivity contribution >= 4 is 64.0 Å². The first-order valence-corrected chi connectivity index (χ1v) is 14.7. The lowest BCUT2D eigenvalue weighted by molar-refractivity contribution is 0.0364. The molecule has 3 amide bonds. The first-order valence-electron chi connectivity index (χ1n) is 14.0. The molecule has 0 unspecified atom stereocenters. The highest BCUT2D eigenvalue weighted by Gasteiger charge is 2.36. The topological polar surface area (TPSA) is 115 Å². The van der Waals surface area contributed by atoms with Crippen molar-refractivity contribution in [2.45, 2.75) is 20.4 Å². The fraction of sp³-hybridized carbons (Fsp3) is 0.379. The Balaban J connectivity index is 1.41. The van der Waals surface area contributed by atoms with Crippen molar-refractivity contribution in [3.05, 3.63) is 57.7 Å². The number of ether oxygens (including phenoxy) is 1. The van der Waals surface area contributed by atoms with E-state index in [1.54, 1.807) is 13.1 Å². The van der Waals surface area contributed by atoms with Gasteiger partial charge in [0, 0.05) is 55.9 Å². The Kier molecular flexibility index (Phi) is 9.40. The highest BCUT2D eigenvalue weighted by Crippen LogP contribution is 2.45. The number of likely N-dealkylation sites (N-methyl/N-ethyl adjacent to an activating group) is 1. The fourth-order valence-corrected chi connectivity index (χ4v) is 5.74. The maximum absolute atomic E-state index is 13.8. The maximum atomic E-state index is 13.8. The summed E-state index contributed by atoms with van der Waals surface area (Å²) in [5.41, 5.74) is 5.17. The largest absolute Gasteiger partial charge is 0.495 e. The quantitative estimate of drug-likeness (QED) is 0.318. The van der Waals surface area contributed by atoms with Gasteiger partial charge in [-0.3, -0.25) is 19.4 Å². The van der Waals surface area contributed by atoms with Gasteiger partial charge in [0.25, 0.3) is 5.91 Å². The first-order chi connectivity index (χ1) is 20.7. The molecular formula is C29H34Cl2N8O4. The number of carbonyl (C=O) groups is 2. The summed E-state index contributed by atoms with van der Waals surface area (Å²) in [5.74, 6) is 0.410. The number of hydrogen-bond acceptors (Lipinski definition) is 9. The summed E-state index contributed by atoms with van der Waals surface area (Å²) in [6.07, 6.45) is 1.66. The van der Waals surface area contributed by atoms with E-state index in [9.17, 15) is 9.59 Å². The predicted molar refractivity (Wildman–Crippen MR) is 168 cm³/mol. The van der Waals surface area contributed by atoms with E-state index in [2.05, 4.69) is 49.7 Å². The molecule has 228 valence electrons. The van der Waals surface area contributed by atoms with E-state index < -0.39 is 11.9 Å². The summed E-state index contributed by atoms with van der Waals surface area (Å²) >= 11 is 13.4. The number of benzene rings is 2. The average Bonchev–Trinajstić information content (AvgIpc) is 3.01. The normalized spacial score (nSPS) is 15.4. The molecule has 1 fully saturated rings. The molecule has 1 saturated heterocycles. The minimum absolute atomic E-state index is 0.0184. The Bertz CT molecular complexity index is 1500. The van der Waals surface area contributed by atoms with Gasteiger partial charge in [0.05, 0.1) is 36.5 Å². The SMILES string of the molecule is CCONC(=O)c1cc(OC)c(Cl)c(N2Cc3cnc(Nc4ccc(N5CCN(C)CC5)cc4)nc3N(CC)C2=O)c1Cl. The predicted octanol–water partition coefficient (Wildman–Crippen LogP) is 4.94. The third kappa shape index (κ3) is 6.28. The summed E-state index contributed by atoms with van der Waals surface area (Å²) in [6.45, 7) is 8.26. The molecule has 5 rings (SSSR count). The molecule has 2 aromatic carbocycles. The van der Waals surface area contributed by atoms with Gasteiger partial charge in [0.15, 0.2) is 0 Å². The number of aromatic nitrogens is 2. The van der Waals surface area contributed by atoms with E-state index in [1.165, 1.54) is 28.7 Å². The molecule has 0 radical (unpaired) electrons. The number of rotatable bonds is 9. The molecule has 0 bridgehead atoms. The molecular weight excluding hydrogens is 595 g/mol. The minimum Gasteiger partial charge on any atom is -0.495 e. The van der Waals surface area contributed by atoms with E-state index in [1.807, 2.05) is 19.1 Å². The van der Waals surface area contributed by atoms with Gasteiger partial charge in [0.2, 0.25) is 5.95 Å². The number of hydrogen-bond donors (Lipinski definition) is 2. The number of piperazine rings is 1. The summed E-state index contributed by atoms with van der Waals surface area (Å²) in [7, 11) is 3.55. The second-order valence-corrected chi connectivity index (χ2v) is 10.8. The molecule has 43 heavy (non-hydrogen) atoms. The monoisotopic (exact) mass is 628 g/mol. The smallest absolute Gasteiger partial charge is 0.330 e. The molecule has 0 atom stereocenters. The van der Waals surface area contributed by atoms with Crippen LogP contribution in [0, 0.1) is 0 Å². The van der Waals surface area contributed by atoms with Crippen molar-refractivity contribution in [2.75, 3.05) is 73.5 Å². The molecule has 14 heteroatoms. The number of hydroxylamine groups is 1. The van der Waals surface area contributed by atoms with E-state index in [4.69, 9.17) is 32.8 Å². The van der Waals surface area contributed by atoms with Crippen LogP contribution in [0.5, 0.6) is 5.75 Å². The molecule has 0 saturated carbocycles. The van der Waals surface area contributed by atoms with Crippen LogP contribution < -0.4 is 30.2 Å². The van der Waals surface area contributed by atoms with Crippen molar-refractivity contribution in [1.82, 2.24) is 20.3 Å². The summed E-state index contributed by atoms with van der Waals surface area (Å²) < 4.78 is 5.40. The molecule has 2 aliphatic rings. The minimum atomic E-state index is -0.601. The number of amides is 3. The number of nitrogens with one attached hydrogen (secondary N) is 2. The van der Waals surface area contributed by atoms with Crippen LogP contribution in [0.15, 0.2) is 36.5 Å². The van der Waals surface area contributed by atoms with Crippen LogP contribution in [-0.2, 0) is 11.4 Å². The molecule has 1 aromatic heterocycles. The maximum Gasteiger partial charge on any atom is 0.330 e. The number of halogens is 2. The fourth-order valence-electron chi connectivity index (χ4n) is 5.03. The molecule has 12 nitrogen and oxygen atoms in total. The van der Waals surface area contributed by atoms with Crippen LogP contribution in [0.4, 0.5) is 33.6 Å². The lowest BCUT2D eigenvalue weighted by Crippen LogP contribution is -2.48. The van der Waals surface area contributed by atoms with Gasteiger partial charge < -0.3 is 19.9 Å². The van der Waals surface area contributed by atoms with Crippen molar-refractivity contribution in [1.29, 1.82) is 0 Å². The number of fused-ring (bicyclic) bond motifs is 1. The van der Waals surface area contributed by atoms with E-state index >= 15 is 0 Å². The third-order valence-electron chi connectivity index (χ3n) is 7.38. The lowest BCUT2D eigenvalue weighted by Gasteiger charge is -2.36. The number of methoxy groups -OCH3 is 1. The third-order valence-corrected chi connectivity index (χ3v) is 8.13. The molecule has 3 heterocycles. The van der Waals surface area contributed by atoms with E-state index in [0.717, 1.165) is 31.9 Å². The number of anilines is 5. The zero-order chi connectivity index (χ0) is 30.7. The summed E-state index contributed by atoms with van der Waals surface area (Å²) in [5, 5.41) is 3.32. The van der Waals surface area contributed by atoms with Crippen molar-refractivity contribution < 1.29 is 19.2 Å². The Morgan fingerprint density at radius 3 is 2.44 bits per heavy atom. The van der Waals surface area contributed by atoms with Crippen molar-refractivity contribution in [2.24, 2.45) is 0 Å². The zero-order valence-electron chi connectivity index (χ0n) is 24.5. The van der Waals surface area contributed by atoms with Crippen LogP contribution >= 0.6 is 23.2 Å². The van der Waals surface area contributed by atoms with Gasteiger partial charge in [-0.15, -0.1) is 0 Å². The van der Waals surface area contributed by atoms with Gasteiger partial charge in [-0.2, -0.15) is 4.98 Å². The van der Waals surface area contributed by atoms with Crippen LogP contribution in [0.3, 0.4) is 0 Å². The highest BCUT2D eigenvalue weighted by atomic mass is 35.5. The van der Waals surface area contributed by atoms with E-state index in [-0.39, 0.29) is 40.2 Å². The molecule has 2 N–H and O–H groups in total. The van der Waals surface area contributed by atoms with Crippen molar-refractivity contribution in [3.8, 4) is 5.75 Å².